The van der Waals surface area contributed by atoms with Gasteiger partial charge in [-0.2, -0.15) is 0 Å². The monoisotopic (exact) mass is 170 g/mol. The van der Waals surface area contributed by atoms with E-state index in [0.29, 0.717) is 5.02 Å². The average Bonchev–Trinajstić information content (AvgIpc) is 2.04. The third-order valence-electron chi connectivity index (χ3n) is 1.20. The first-order valence-corrected chi connectivity index (χ1v) is 3.46. The van der Waals surface area contributed by atoms with Crippen molar-refractivity contribution < 1.29 is 4.79 Å². The highest BCUT2D eigenvalue weighted by Crippen LogP contribution is 2.10. The second kappa shape index (κ2) is 3.34. The van der Waals surface area contributed by atoms with Crippen LogP contribution in [0, 0.1) is 0 Å². The van der Waals surface area contributed by atoms with Gasteiger partial charge in [0.05, 0.1) is 5.02 Å². The number of hydrogen-bond acceptors (Lipinski definition) is 2. The topological polar surface area (TPSA) is 42.0 Å². The van der Waals surface area contributed by atoms with Gasteiger partial charge in [-0.1, -0.05) is 11.6 Å². The molecule has 11 heavy (non-hydrogen) atoms. The zero-order valence-corrected chi connectivity index (χ0v) is 6.72. The Labute approximate surface area is 69.4 Å². The van der Waals surface area contributed by atoms with Gasteiger partial charge >= 0.3 is 0 Å². The van der Waals surface area contributed by atoms with Crippen LogP contribution >= 0.6 is 11.6 Å². The van der Waals surface area contributed by atoms with Crippen molar-refractivity contribution in [3.63, 3.8) is 0 Å². The summed E-state index contributed by atoms with van der Waals surface area (Å²) in [6.45, 7) is 0. The van der Waals surface area contributed by atoms with Crippen LogP contribution < -0.4 is 5.32 Å². The lowest BCUT2D eigenvalue weighted by Crippen LogP contribution is -2.19. The van der Waals surface area contributed by atoms with Gasteiger partial charge in [0.1, 0.15) is 5.69 Å². The summed E-state index contributed by atoms with van der Waals surface area (Å²) < 4.78 is 0. The summed E-state index contributed by atoms with van der Waals surface area (Å²) >= 11 is 5.67. The molecule has 0 bridgehead atoms. The fourth-order valence-electron chi connectivity index (χ4n) is 0.671. The maximum atomic E-state index is 11.0. The molecule has 1 heterocycles. The zero-order chi connectivity index (χ0) is 8.27. The molecule has 1 amide bonds. The Bertz CT molecular complexity index is 275. The number of nitrogens with zero attached hydrogens (tertiary/aromatic N) is 1. The molecule has 0 aliphatic heterocycles. The Hall–Kier alpha value is -1.09. The highest BCUT2D eigenvalue weighted by atomic mass is 35.5. The van der Waals surface area contributed by atoms with Crippen LogP contribution in [-0.2, 0) is 0 Å². The van der Waals surface area contributed by atoms with Crippen molar-refractivity contribution in [3.05, 3.63) is 29.0 Å². The summed E-state index contributed by atoms with van der Waals surface area (Å²) in [7, 11) is 1.54. The van der Waals surface area contributed by atoms with Crippen LogP contribution in [0.2, 0.25) is 5.02 Å². The molecule has 1 aromatic heterocycles. The molecule has 3 nitrogen and oxygen atoms in total. The van der Waals surface area contributed by atoms with Crippen LogP contribution in [-0.4, -0.2) is 17.9 Å². The lowest BCUT2D eigenvalue weighted by atomic mass is 10.3. The van der Waals surface area contributed by atoms with Crippen LogP contribution in [0.3, 0.4) is 0 Å². The van der Waals surface area contributed by atoms with Crippen LogP contribution in [0.25, 0.3) is 0 Å². The predicted molar refractivity (Wildman–Crippen MR) is 42.6 cm³/mol. The molecule has 0 aliphatic carbocycles. The first kappa shape index (κ1) is 8.01. The van der Waals surface area contributed by atoms with Crippen LogP contribution in [0.1, 0.15) is 10.5 Å². The highest BCUT2D eigenvalue weighted by Gasteiger charge is 2.07. The molecular weight excluding hydrogens is 164 g/mol. The summed E-state index contributed by atoms with van der Waals surface area (Å²) in [5.41, 5.74) is 0.261. The molecule has 0 atom stereocenters. The molecule has 4 heteroatoms. The number of aromatic nitrogens is 1. The van der Waals surface area contributed by atoms with Crippen molar-refractivity contribution in [3.8, 4) is 0 Å². The quantitative estimate of drug-likeness (QED) is 0.686. The third-order valence-corrected chi connectivity index (χ3v) is 1.51. The first-order valence-electron chi connectivity index (χ1n) is 3.08. The molecule has 0 spiro atoms. The average molecular weight is 171 g/mol. The smallest absolute Gasteiger partial charge is 0.271 e. The molecule has 1 rings (SSSR count). The molecule has 0 saturated carbocycles. The summed E-state index contributed by atoms with van der Waals surface area (Å²) in [4.78, 5) is 14.8. The number of rotatable bonds is 1. The van der Waals surface area contributed by atoms with Crippen molar-refractivity contribution >= 4 is 17.5 Å². The van der Waals surface area contributed by atoms with E-state index in [9.17, 15) is 4.79 Å². The number of nitrogens with one attached hydrogen (secondary N) is 1. The van der Waals surface area contributed by atoms with Crippen molar-refractivity contribution in [2.75, 3.05) is 7.05 Å². The van der Waals surface area contributed by atoms with Gasteiger partial charge in [-0.25, -0.2) is 4.98 Å². The van der Waals surface area contributed by atoms with E-state index < -0.39 is 0 Å². The van der Waals surface area contributed by atoms with E-state index in [-0.39, 0.29) is 11.6 Å². The van der Waals surface area contributed by atoms with Crippen molar-refractivity contribution in [1.29, 1.82) is 0 Å². The van der Waals surface area contributed by atoms with E-state index in [1.165, 1.54) is 13.2 Å². The molecule has 0 aliphatic rings. The number of carbonyl (C=O) groups is 1. The first-order chi connectivity index (χ1) is 5.25. The summed E-state index contributed by atoms with van der Waals surface area (Å²) in [6, 6.07) is 3.30. The van der Waals surface area contributed by atoms with Crippen LogP contribution in [0.4, 0.5) is 0 Å². The standard InChI is InChI=1S/C7H7ClN2O/c1-9-7(11)6-5(8)3-2-4-10-6/h2-4H,1H3,(H,9,11). The number of pyridine rings is 1. The Morgan fingerprint density at radius 3 is 3.00 bits per heavy atom. The Morgan fingerprint density at radius 2 is 2.45 bits per heavy atom. The lowest BCUT2D eigenvalue weighted by molar-refractivity contribution is 0.0958. The Morgan fingerprint density at radius 1 is 1.73 bits per heavy atom. The van der Waals surface area contributed by atoms with Gasteiger partial charge < -0.3 is 5.32 Å². The van der Waals surface area contributed by atoms with Crippen molar-refractivity contribution in [2.45, 2.75) is 0 Å². The van der Waals surface area contributed by atoms with Crippen molar-refractivity contribution in [1.82, 2.24) is 10.3 Å². The fourth-order valence-corrected chi connectivity index (χ4v) is 0.879. The molecule has 0 saturated heterocycles. The minimum Gasteiger partial charge on any atom is -0.354 e. The molecule has 1 N–H and O–H groups in total. The Balaban J connectivity index is 3.03. The van der Waals surface area contributed by atoms with E-state index in [1.807, 2.05) is 0 Å². The lowest BCUT2D eigenvalue weighted by Gasteiger charge is -1.98. The van der Waals surface area contributed by atoms with Gasteiger partial charge in [-0.3, -0.25) is 4.79 Å². The second-order valence-corrected chi connectivity index (χ2v) is 2.32. The SMILES string of the molecule is CNC(=O)c1ncccc1Cl. The van der Waals surface area contributed by atoms with Gasteiger partial charge in [0.15, 0.2) is 0 Å². The summed E-state index contributed by atoms with van der Waals surface area (Å²) in [5, 5.41) is 2.80. The maximum Gasteiger partial charge on any atom is 0.271 e. The predicted octanol–water partition coefficient (Wildman–Crippen LogP) is 1.09. The van der Waals surface area contributed by atoms with E-state index in [2.05, 4.69) is 10.3 Å². The number of amides is 1. The molecule has 0 unspecified atom stereocenters. The van der Waals surface area contributed by atoms with Crippen LogP contribution in [0.5, 0.6) is 0 Å². The fraction of sp³-hybridized carbons (Fsp3) is 0.143. The Kier molecular flexibility index (Phi) is 2.44. The van der Waals surface area contributed by atoms with Gasteiger partial charge in [-0.05, 0) is 12.1 Å². The molecule has 0 radical (unpaired) electrons. The van der Waals surface area contributed by atoms with E-state index in [4.69, 9.17) is 11.6 Å². The molecule has 1 aromatic rings. The molecule has 58 valence electrons. The van der Waals surface area contributed by atoms with Gasteiger partial charge in [-0.15, -0.1) is 0 Å². The minimum atomic E-state index is -0.268. The van der Waals surface area contributed by atoms with E-state index in [1.54, 1.807) is 12.1 Å². The molecule has 0 fully saturated rings. The molecule has 0 aromatic carbocycles. The number of hydrogen-bond donors (Lipinski definition) is 1. The largest absolute Gasteiger partial charge is 0.354 e. The van der Waals surface area contributed by atoms with E-state index >= 15 is 0 Å². The van der Waals surface area contributed by atoms with Gasteiger partial charge in [0.2, 0.25) is 0 Å². The second-order valence-electron chi connectivity index (χ2n) is 1.91. The summed E-state index contributed by atoms with van der Waals surface area (Å²) in [6.07, 6.45) is 1.52. The number of carbonyl (C=O) groups excluding carboxylic acids is 1. The van der Waals surface area contributed by atoms with Crippen molar-refractivity contribution in [2.24, 2.45) is 0 Å². The number of halogens is 1. The maximum absolute atomic E-state index is 11.0. The highest BCUT2D eigenvalue weighted by molar-refractivity contribution is 6.33. The van der Waals surface area contributed by atoms with E-state index in [0.717, 1.165) is 0 Å². The van der Waals surface area contributed by atoms with Crippen LogP contribution in [0.15, 0.2) is 18.3 Å². The third kappa shape index (κ3) is 1.68. The normalized spacial score (nSPS) is 9.27. The van der Waals surface area contributed by atoms with Gasteiger partial charge in [0.25, 0.3) is 5.91 Å². The zero-order valence-electron chi connectivity index (χ0n) is 5.97. The minimum absolute atomic E-state index is 0.261. The summed E-state index contributed by atoms with van der Waals surface area (Å²) in [5.74, 6) is -0.268. The van der Waals surface area contributed by atoms with Gasteiger partial charge in [0, 0.05) is 13.2 Å². The molecular formula is C7H7ClN2O.